The summed E-state index contributed by atoms with van der Waals surface area (Å²) in [4.78, 5) is 20.8. The van der Waals surface area contributed by atoms with E-state index in [2.05, 4.69) is 15.3 Å². The summed E-state index contributed by atoms with van der Waals surface area (Å²) in [6.45, 7) is 5.25. The molecule has 0 saturated heterocycles. The predicted molar refractivity (Wildman–Crippen MR) is 103 cm³/mol. The summed E-state index contributed by atoms with van der Waals surface area (Å²) in [5, 5.41) is 2.83. The lowest BCUT2D eigenvalue weighted by Crippen LogP contribution is -2.21. The fourth-order valence-electron chi connectivity index (χ4n) is 2.59. The van der Waals surface area contributed by atoms with Crippen LogP contribution in [0.3, 0.4) is 0 Å². The average molecular weight is 361 g/mol. The van der Waals surface area contributed by atoms with E-state index in [1.54, 1.807) is 19.9 Å². The van der Waals surface area contributed by atoms with Crippen LogP contribution in [-0.2, 0) is 0 Å². The van der Waals surface area contributed by atoms with E-state index in [4.69, 9.17) is 12.6 Å². The maximum atomic E-state index is 13.2. The second-order valence-corrected chi connectivity index (χ2v) is 6.16. The Balaban J connectivity index is 1.98. The number of nitrogens with one attached hydrogen (secondary N) is 1. The molecule has 0 aliphatic heterocycles. The molecule has 1 N–H and O–H groups in total. The highest BCUT2D eigenvalue weighted by Crippen LogP contribution is 2.27. The summed E-state index contributed by atoms with van der Waals surface area (Å²) in [5.74, 6) is -0.639. The number of aromatic nitrogens is 2. The Bertz CT molecular complexity index is 1020. The van der Waals surface area contributed by atoms with E-state index >= 15 is 0 Å². The van der Waals surface area contributed by atoms with Gasteiger partial charge in [-0.2, -0.15) is 4.39 Å². The molecule has 3 rings (SSSR count). The van der Waals surface area contributed by atoms with Gasteiger partial charge in [-0.3, -0.25) is 4.79 Å². The number of hydrogen-bond donors (Lipinski definition) is 1. The Labute approximate surface area is 158 Å². The Morgan fingerprint density at radius 3 is 2.67 bits per heavy atom. The van der Waals surface area contributed by atoms with E-state index < -0.39 is 11.9 Å². The van der Waals surface area contributed by atoms with Gasteiger partial charge in [-0.1, -0.05) is 17.6 Å². The molecule has 0 unspecified atom stereocenters. The van der Waals surface area contributed by atoms with Crippen molar-refractivity contribution in [2.24, 2.45) is 0 Å². The highest BCUT2D eigenvalue weighted by Gasteiger charge is 2.20. The lowest BCUT2D eigenvalue weighted by molar-refractivity contribution is 0.102. The first kappa shape index (κ1) is 18.6. The van der Waals surface area contributed by atoms with Gasteiger partial charge in [0.2, 0.25) is 11.8 Å². The van der Waals surface area contributed by atoms with Crippen molar-refractivity contribution in [2.75, 3.05) is 5.32 Å². The van der Waals surface area contributed by atoms with E-state index in [0.29, 0.717) is 28.2 Å². The molecule has 0 spiro atoms. The molecule has 0 atom stereocenters. The fraction of sp³-hybridized carbons (Fsp3) is 0.150. The zero-order valence-electron chi connectivity index (χ0n) is 15.2. The molecule has 2 heterocycles. The highest BCUT2D eigenvalue weighted by atomic mass is 19.1. The van der Waals surface area contributed by atoms with Crippen LogP contribution in [0.5, 0.6) is 11.6 Å². The summed E-state index contributed by atoms with van der Waals surface area (Å²) in [5.41, 5.74) is 3.12. The Morgan fingerprint density at radius 2 is 1.96 bits per heavy atom. The van der Waals surface area contributed by atoms with Crippen molar-refractivity contribution in [1.29, 1.82) is 0 Å². The highest BCUT2D eigenvalue weighted by molar-refractivity contribution is 6.34. The van der Waals surface area contributed by atoms with Crippen molar-refractivity contribution in [3.63, 3.8) is 0 Å². The Hall–Kier alpha value is -3.22. The third kappa shape index (κ3) is 4.14. The van der Waals surface area contributed by atoms with Gasteiger partial charge >= 0.3 is 0 Å². The van der Waals surface area contributed by atoms with Crippen LogP contribution in [0, 0.1) is 26.7 Å². The number of anilines is 1. The third-order valence-corrected chi connectivity index (χ3v) is 4.06. The van der Waals surface area contributed by atoms with Crippen LogP contribution in [0.2, 0.25) is 0 Å². The second kappa shape index (κ2) is 7.57. The number of carbonyl (C=O) groups excluding carboxylic acids is 1. The zero-order valence-corrected chi connectivity index (χ0v) is 15.2. The van der Waals surface area contributed by atoms with Gasteiger partial charge in [-0.05, 0) is 56.2 Å². The number of pyridine rings is 2. The number of amides is 1. The number of nitrogens with zero attached hydrogens (tertiary/aromatic N) is 2. The number of ether oxygens (including phenoxy) is 1. The summed E-state index contributed by atoms with van der Waals surface area (Å²) in [7, 11) is 5.93. The molecule has 27 heavy (non-hydrogen) atoms. The van der Waals surface area contributed by atoms with Crippen molar-refractivity contribution in [3.8, 4) is 11.6 Å². The van der Waals surface area contributed by atoms with Gasteiger partial charge in [0.15, 0.2) is 5.75 Å². The molecular formula is C20H17BFN3O2. The number of carbonyl (C=O) groups is 1. The molecule has 3 aromatic rings. The minimum atomic E-state index is -0.612. The first-order valence-corrected chi connectivity index (χ1v) is 8.29. The molecule has 0 aliphatic rings. The van der Waals surface area contributed by atoms with Gasteiger partial charge in [-0.25, -0.2) is 9.97 Å². The number of benzene rings is 1. The van der Waals surface area contributed by atoms with Crippen LogP contribution in [0.15, 0.2) is 42.6 Å². The van der Waals surface area contributed by atoms with Crippen LogP contribution in [0.25, 0.3) is 0 Å². The Kier molecular flexibility index (Phi) is 5.21. The van der Waals surface area contributed by atoms with E-state index in [-0.39, 0.29) is 11.4 Å². The van der Waals surface area contributed by atoms with Crippen LogP contribution >= 0.6 is 0 Å². The lowest BCUT2D eigenvalue weighted by atomic mass is 9.90. The lowest BCUT2D eigenvalue weighted by Gasteiger charge is -2.15. The summed E-state index contributed by atoms with van der Waals surface area (Å²) >= 11 is 0. The maximum absolute atomic E-state index is 13.2. The van der Waals surface area contributed by atoms with Crippen molar-refractivity contribution in [2.45, 2.75) is 20.8 Å². The van der Waals surface area contributed by atoms with Crippen molar-refractivity contribution in [3.05, 3.63) is 70.9 Å². The fourth-order valence-corrected chi connectivity index (χ4v) is 2.59. The van der Waals surface area contributed by atoms with Gasteiger partial charge in [0.1, 0.15) is 13.4 Å². The SMILES string of the molecule is [B]c1cnc(Oc2ccc(F)nc2C)c(C(=O)Nc2cccc(C)c2)c1C. The molecule has 0 saturated carbocycles. The molecule has 2 aromatic heterocycles. The second-order valence-electron chi connectivity index (χ2n) is 6.16. The number of halogens is 1. The van der Waals surface area contributed by atoms with Gasteiger partial charge in [-0.15, -0.1) is 0 Å². The predicted octanol–water partition coefficient (Wildman–Crippen LogP) is 3.38. The third-order valence-electron chi connectivity index (χ3n) is 4.06. The Morgan fingerprint density at radius 1 is 1.19 bits per heavy atom. The largest absolute Gasteiger partial charge is 0.436 e. The van der Waals surface area contributed by atoms with Crippen LogP contribution in [0.4, 0.5) is 10.1 Å². The maximum Gasteiger partial charge on any atom is 0.261 e. The summed E-state index contributed by atoms with van der Waals surface area (Å²) < 4.78 is 19.0. The van der Waals surface area contributed by atoms with Crippen molar-refractivity contribution >= 4 is 24.9 Å². The van der Waals surface area contributed by atoms with Crippen molar-refractivity contribution < 1.29 is 13.9 Å². The first-order chi connectivity index (χ1) is 12.8. The number of hydrogen-bond acceptors (Lipinski definition) is 4. The standard InChI is InChI=1S/C20H17BFN3O2/c1-11-5-4-6-14(9-11)25-19(26)18-12(2)15(21)10-23-20(18)27-16-7-8-17(22)24-13(16)3/h4-10H,1-3H3,(H,25,26). The molecule has 2 radical (unpaired) electrons. The van der Waals surface area contributed by atoms with E-state index in [1.165, 1.54) is 18.3 Å². The minimum absolute atomic E-state index is 0.0726. The molecule has 7 heteroatoms. The molecule has 0 fully saturated rings. The number of aryl methyl sites for hydroxylation is 2. The smallest absolute Gasteiger partial charge is 0.261 e. The van der Waals surface area contributed by atoms with E-state index in [9.17, 15) is 9.18 Å². The summed E-state index contributed by atoms with van der Waals surface area (Å²) in [6.07, 6.45) is 1.42. The average Bonchev–Trinajstić information content (AvgIpc) is 2.60. The normalized spacial score (nSPS) is 10.5. The number of rotatable bonds is 4. The topological polar surface area (TPSA) is 64.1 Å². The van der Waals surface area contributed by atoms with Crippen molar-refractivity contribution in [1.82, 2.24) is 9.97 Å². The van der Waals surface area contributed by atoms with Gasteiger partial charge in [0.25, 0.3) is 5.91 Å². The monoisotopic (exact) mass is 361 g/mol. The molecule has 0 aliphatic carbocycles. The molecule has 1 amide bonds. The van der Waals surface area contributed by atoms with Gasteiger partial charge in [0, 0.05) is 11.9 Å². The first-order valence-electron chi connectivity index (χ1n) is 8.29. The molecule has 5 nitrogen and oxygen atoms in total. The molecular weight excluding hydrogens is 344 g/mol. The zero-order chi connectivity index (χ0) is 19.6. The minimum Gasteiger partial charge on any atom is -0.436 e. The van der Waals surface area contributed by atoms with Crippen LogP contribution < -0.4 is 15.5 Å². The van der Waals surface area contributed by atoms with E-state index in [0.717, 1.165) is 5.56 Å². The van der Waals surface area contributed by atoms with Gasteiger partial charge in [0.05, 0.1) is 5.69 Å². The quantitative estimate of drug-likeness (QED) is 0.572. The molecule has 0 bridgehead atoms. The van der Waals surface area contributed by atoms with Crippen LogP contribution in [0.1, 0.15) is 27.2 Å². The van der Waals surface area contributed by atoms with Crippen LogP contribution in [-0.4, -0.2) is 23.7 Å². The summed E-state index contributed by atoms with van der Waals surface area (Å²) in [6, 6.07) is 10.0. The molecule has 134 valence electrons. The van der Waals surface area contributed by atoms with Gasteiger partial charge < -0.3 is 10.1 Å². The molecule has 1 aromatic carbocycles. The van der Waals surface area contributed by atoms with E-state index in [1.807, 2.05) is 25.1 Å².